The Bertz CT molecular complexity index is 562. The Morgan fingerprint density at radius 3 is 3.00 bits per heavy atom. The van der Waals surface area contributed by atoms with Crippen LogP contribution in [0.4, 0.5) is 5.88 Å². The summed E-state index contributed by atoms with van der Waals surface area (Å²) >= 11 is 2.54. The van der Waals surface area contributed by atoms with E-state index in [0.717, 1.165) is 17.5 Å². The van der Waals surface area contributed by atoms with E-state index in [1.165, 1.54) is 30.0 Å². The number of aliphatic imine (C=N–C) groups is 1. The minimum Gasteiger partial charge on any atom is -0.401 e. The minimum absolute atomic E-state index is 0.176. The van der Waals surface area contributed by atoms with Crippen molar-refractivity contribution < 1.29 is 14.1 Å². The molecule has 0 bridgehead atoms. The summed E-state index contributed by atoms with van der Waals surface area (Å²) in [5.41, 5.74) is 0.250. The highest BCUT2D eigenvalue weighted by atomic mass is 32.2. The van der Waals surface area contributed by atoms with Gasteiger partial charge in [0.05, 0.1) is 6.07 Å². The Morgan fingerprint density at radius 2 is 2.39 bits per heavy atom. The van der Waals surface area contributed by atoms with Gasteiger partial charge in [-0.2, -0.15) is 0 Å². The molecular weight excluding hydrogens is 276 g/mol. The molecule has 8 heteroatoms. The first-order valence-corrected chi connectivity index (χ1v) is 6.80. The lowest BCUT2D eigenvalue weighted by molar-refractivity contribution is -0.402. The molecule has 0 aliphatic carbocycles. The Balaban J connectivity index is 2.22. The van der Waals surface area contributed by atoms with Gasteiger partial charge < -0.3 is 4.42 Å². The van der Waals surface area contributed by atoms with Crippen LogP contribution >= 0.6 is 23.5 Å². The maximum absolute atomic E-state index is 11.6. The highest BCUT2D eigenvalue weighted by molar-refractivity contribution is 8.45. The first-order chi connectivity index (χ1) is 8.60. The second kappa shape index (κ2) is 5.40. The molecule has 0 aromatic carbocycles. The lowest BCUT2D eigenvalue weighted by Gasteiger charge is -1.89. The zero-order chi connectivity index (χ0) is 13.1. The highest BCUT2D eigenvalue weighted by Crippen LogP contribution is 2.31. The van der Waals surface area contributed by atoms with Crippen molar-refractivity contribution in [3.8, 4) is 0 Å². The number of carbonyl (C=O) groups is 1. The van der Waals surface area contributed by atoms with E-state index >= 15 is 0 Å². The molecule has 0 radical (unpaired) electrons. The third-order valence-electron chi connectivity index (χ3n) is 1.94. The van der Waals surface area contributed by atoms with E-state index in [1.807, 2.05) is 6.92 Å². The van der Waals surface area contributed by atoms with Gasteiger partial charge in [-0.15, -0.1) is 0 Å². The van der Waals surface area contributed by atoms with Crippen LogP contribution in [-0.2, 0) is 4.79 Å². The van der Waals surface area contributed by atoms with Crippen molar-refractivity contribution in [3.63, 3.8) is 0 Å². The Labute approximate surface area is 111 Å². The SMILES string of the molecule is CCSC1=N/C(=C/c2ccc([N+](=O)[O-])o2)C(=O)S1. The Morgan fingerprint density at radius 1 is 1.61 bits per heavy atom. The van der Waals surface area contributed by atoms with Crippen molar-refractivity contribution in [2.75, 3.05) is 5.75 Å². The number of rotatable bonds is 3. The van der Waals surface area contributed by atoms with E-state index in [1.54, 1.807) is 0 Å². The molecule has 1 aromatic heterocycles. The number of nitro groups is 1. The molecule has 94 valence electrons. The number of thioether (sulfide) groups is 2. The van der Waals surface area contributed by atoms with E-state index < -0.39 is 4.92 Å². The van der Waals surface area contributed by atoms with Crippen molar-refractivity contribution in [2.24, 2.45) is 4.99 Å². The molecule has 0 unspecified atom stereocenters. The van der Waals surface area contributed by atoms with E-state index in [0.29, 0.717) is 4.38 Å². The second-order valence-corrected chi connectivity index (χ2v) is 5.64. The van der Waals surface area contributed by atoms with Crippen molar-refractivity contribution in [3.05, 3.63) is 33.7 Å². The average molecular weight is 284 g/mol. The summed E-state index contributed by atoms with van der Waals surface area (Å²) in [4.78, 5) is 25.5. The summed E-state index contributed by atoms with van der Waals surface area (Å²) < 4.78 is 5.63. The molecule has 0 amide bonds. The van der Waals surface area contributed by atoms with Crippen molar-refractivity contribution in [1.29, 1.82) is 0 Å². The molecule has 0 N–H and O–H groups in total. The third-order valence-corrected chi connectivity index (χ3v) is 3.83. The molecule has 2 heterocycles. The van der Waals surface area contributed by atoms with Crippen LogP contribution in [0.5, 0.6) is 0 Å². The lowest BCUT2D eigenvalue weighted by Crippen LogP contribution is -1.87. The fourth-order valence-corrected chi connectivity index (χ4v) is 2.97. The number of hydrogen-bond donors (Lipinski definition) is 0. The summed E-state index contributed by atoms with van der Waals surface area (Å²) in [5.74, 6) is 0.725. The van der Waals surface area contributed by atoms with E-state index in [9.17, 15) is 14.9 Å². The Kier molecular flexibility index (Phi) is 3.87. The summed E-state index contributed by atoms with van der Waals surface area (Å²) in [6, 6.07) is 2.67. The highest BCUT2D eigenvalue weighted by Gasteiger charge is 2.22. The van der Waals surface area contributed by atoms with Gasteiger partial charge >= 0.3 is 5.88 Å². The molecule has 0 atom stereocenters. The van der Waals surface area contributed by atoms with Crippen molar-refractivity contribution >= 4 is 45.0 Å². The van der Waals surface area contributed by atoms with Gasteiger partial charge in [0.1, 0.15) is 20.8 Å². The quantitative estimate of drug-likeness (QED) is 0.482. The molecule has 2 rings (SSSR count). The molecule has 1 aromatic rings. The maximum atomic E-state index is 11.6. The molecule has 1 aliphatic rings. The predicted octanol–water partition coefficient (Wildman–Crippen LogP) is 2.91. The van der Waals surface area contributed by atoms with Crippen LogP contribution in [0.15, 0.2) is 27.2 Å². The first-order valence-electron chi connectivity index (χ1n) is 4.99. The van der Waals surface area contributed by atoms with Crippen LogP contribution in [0.2, 0.25) is 0 Å². The van der Waals surface area contributed by atoms with Gasteiger partial charge in [-0.25, -0.2) is 4.99 Å². The molecule has 1 aliphatic heterocycles. The third kappa shape index (κ3) is 2.82. The maximum Gasteiger partial charge on any atom is 0.433 e. The number of furan rings is 1. The molecule has 18 heavy (non-hydrogen) atoms. The monoisotopic (exact) mass is 284 g/mol. The van der Waals surface area contributed by atoms with Gasteiger partial charge in [0.15, 0.2) is 0 Å². The molecular formula is C10H8N2O4S2. The molecule has 0 saturated carbocycles. The summed E-state index contributed by atoms with van der Waals surface area (Å²) in [6.07, 6.45) is 1.41. The van der Waals surface area contributed by atoms with Crippen LogP contribution in [0.1, 0.15) is 12.7 Å². The molecule has 6 nitrogen and oxygen atoms in total. The number of hydrogen-bond acceptors (Lipinski definition) is 7. The second-order valence-electron chi connectivity index (χ2n) is 3.16. The summed E-state index contributed by atoms with van der Waals surface area (Å²) in [7, 11) is 0. The van der Waals surface area contributed by atoms with Crippen molar-refractivity contribution in [2.45, 2.75) is 6.92 Å². The topological polar surface area (TPSA) is 85.7 Å². The van der Waals surface area contributed by atoms with Gasteiger partial charge in [0.2, 0.25) is 5.12 Å². The van der Waals surface area contributed by atoms with Gasteiger partial charge in [-0.05, 0) is 23.6 Å². The van der Waals surface area contributed by atoms with Crippen LogP contribution in [0.3, 0.4) is 0 Å². The Hall–Kier alpha value is -1.54. The van der Waals surface area contributed by atoms with E-state index in [4.69, 9.17) is 4.42 Å². The zero-order valence-corrected chi connectivity index (χ0v) is 10.9. The zero-order valence-electron chi connectivity index (χ0n) is 9.28. The fourth-order valence-electron chi connectivity index (χ4n) is 1.23. The van der Waals surface area contributed by atoms with Crippen LogP contribution < -0.4 is 0 Å². The molecule has 0 fully saturated rings. The van der Waals surface area contributed by atoms with Gasteiger partial charge in [0.25, 0.3) is 0 Å². The normalized spacial score (nSPS) is 17.3. The number of nitrogens with zero attached hydrogens (tertiary/aromatic N) is 2. The fraction of sp³-hybridized carbons (Fsp3) is 0.200. The predicted molar refractivity (Wildman–Crippen MR) is 71.5 cm³/mol. The van der Waals surface area contributed by atoms with Crippen LogP contribution in [0.25, 0.3) is 6.08 Å². The number of carbonyl (C=O) groups excluding carboxylic acids is 1. The summed E-state index contributed by atoms with van der Waals surface area (Å²) in [6.45, 7) is 1.97. The first kappa shape index (κ1) is 12.9. The van der Waals surface area contributed by atoms with Crippen LogP contribution in [-0.4, -0.2) is 20.2 Å². The minimum atomic E-state index is -0.630. The van der Waals surface area contributed by atoms with Gasteiger partial charge in [-0.3, -0.25) is 14.9 Å². The average Bonchev–Trinajstić information content (AvgIpc) is 2.88. The van der Waals surface area contributed by atoms with E-state index in [2.05, 4.69) is 4.99 Å². The standard InChI is InChI=1S/C10H8N2O4S2/c1-2-17-10-11-7(9(13)18-10)5-6-3-4-8(16-6)12(14)15/h3-5H,2H2,1H3/b7-5+. The van der Waals surface area contributed by atoms with Gasteiger partial charge in [-0.1, -0.05) is 18.7 Å². The van der Waals surface area contributed by atoms with Crippen LogP contribution in [0, 0.1) is 10.1 Å². The summed E-state index contributed by atoms with van der Waals surface area (Å²) in [5, 5.41) is 10.3. The molecule has 0 saturated heterocycles. The smallest absolute Gasteiger partial charge is 0.401 e. The molecule has 0 spiro atoms. The van der Waals surface area contributed by atoms with Crippen molar-refractivity contribution in [1.82, 2.24) is 0 Å². The van der Waals surface area contributed by atoms with Gasteiger partial charge in [0, 0.05) is 6.08 Å². The largest absolute Gasteiger partial charge is 0.433 e. The van der Waals surface area contributed by atoms with E-state index in [-0.39, 0.29) is 22.5 Å². The lowest BCUT2D eigenvalue weighted by atomic mass is 10.3.